The van der Waals surface area contributed by atoms with Crippen molar-refractivity contribution in [3.63, 3.8) is 0 Å². The number of thioether (sulfide) groups is 1. The Hall–Kier alpha value is -4.40. The zero-order valence-corrected chi connectivity index (χ0v) is 26.1. The van der Waals surface area contributed by atoms with Gasteiger partial charge >= 0.3 is 0 Å². The lowest BCUT2D eigenvalue weighted by molar-refractivity contribution is -0.118. The van der Waals surface area contributed by atoms with Crippen molar-refractivity contribution in [3.8, 4) is 5.75 Å². The van der Waals surface area contributed by atoms with Crippen molar-refractivity contribution in [2.45, 2.75) is 51.1 Å². The molecule has 2 heterocycles. The average molecular weight is 607 g/mol. The molecule has 4 aromatic carbocycles. The summed E-state index contributed by atoms with van der Waals surface area (Å²) in [6.45, 7) is 8.57. The molecule has 6 rings (SSSR count). The van der Waals surface area contributed by atoms with Gasteiger partial charge in [-0.2, -0.15) is 0 Å². The lowest BCUT2D eigenvalue weighted by Gasteiger charge is -2.54. The summed E-state index contributed by atoms with van der Waals surface area (Å²) in [4.78, 5) is 39.8. The molecule has 1 fully saturated rings. The van der Waals surface area contributed by atoms with Gasteiger partial charge in [-0.15, -0.1) is 0 Å². The maximum absolute atomic E-state index is 14.4. The maximum Gasteiger partial charge on any atom is 0.286 e. The number of nitrogens with one attached hydrogen (secondary N) is 1. The highest BCUT2D eigenvalue weighted by Gasteiger charge is 2.55. The van der Waals surface area contributed by atoms with Crippen molar-refractivity contribution in [2.75, 3.05) is 6.61 Å². The molecule has 2 aliphatic rings. The third-order valence-corrected chi connectivity index (χ3v) is 9.61. The first kappa shape index (κ1) is 29.7. The Morgan fingerprint density at radius 2 is 1.48 bits per heavy atom. The number of hydrogen-bond donors (Lipinski definition) is 1. The molecule has 3 amide bonds. The summed E-state index contributed by atoms with van der Waals surface area (Å²) < 4.78 is 6.69. The van der Waals surface area contributed by atoms with Gasteiger partial charge in [-0.05, 0) is 51.0 Å². The Bertz CT molecular complexity index is 1710. The number of imide groups is 1. The number of rotatable bonds is 8. The minimum absolute atomic E-state index is 0.0317. The van der Waals surface area contributed by atoms with E-state index in [9.17, 15) is 14.4 Å². The van der Waals surface area contributed by atoms with Gasteiger partial charge in [-0.25, -0.2) is 4.48 Å². The summed E-state index contributed by atoms with van der Waals surface area (Å²) in [5.74, 6) is 0.386. The summed E-state index contributed by atoms with van der Waals surface area (Å²) in [6, 6.07) is 34.5. The summed E-state index contributed by atoms with van der Waals surface area (Å²) in [5, 5.41) is 1.62. The molecule has 0 aliphatic carbocycles. The predicted octanol–water partition coefficient (Wildman–Crippen LogP) is 7.52. The molecular formula is C36H36N3O4S+. The van der Waals surface area contributed by atoms with E-state index in [4.69, 9.17) is 4.74 Å². The summed E-state index contributed by atoms with van der Waals surface area (Å²) in [6.07, 6.45) is 0.160. The molecule has 8 heteroatoms. The maximum atomic E-state index is 14.4. The zero-order valence-electron chi connectivity index (χ0n) is 25.3. The van der Waals surface area contributed by atoms with Gasteiger partial charge in [-0.3, -0.25) is 24.6 Å². The molecule has 0 saturated carbocycles. The van der Waals surface area contributed by atoms with Crippen molar-refractivity contribution in [2.24, 2.45) is 0 Å². The Morgan fingerprint density at radius 3 is 2.14 bits per heavy atom. The molecule has 0 bridgehead atoms. The predicted molar refractivity (Wildman–Crippen MR) is 175 cm³/mol. The van der Waals surface area contributed by atoms with E-state index in [-0.39, 0.29) is 29.8 Å². The van der Waals surface area contributed by atoms with Crippen LogP contribution in [0.5, 0.6) is 5.75 Å². The molecule has 0 spiro atoms. The standard InChI is InChI=1S/C36H35N3O4S/c1-24-14-18-28(19-15-24)39(27-10-6-5-7-11-27)25(2)38(34(41)30-12-8-9-13-31(30)39)36(3,4)23-43-29-20-16-26(17-21-29)22-32-33(40)37-35(42)44-32/h5-21,25,32H,22-23H2,1-4H3/p+1. The van der Waals surface area contributed by atoms with Gasteiger partial charge in [0.25, 0.3) is 11.1 Å². The van der Waals surface area contributed by atoms with Crippen LogP contribution in [0.1, 0.15) is 42.3 Å². The fourth-order valence-electron chi connectivity index (χ4n) is 6.51. The number of fused-ring (bicyclic) bond motifs is 1. The molecule has 224 valence electrons. The summed E-state index contributed by atoms with van der Waals surface area (Å²) in [7, 11) is 0. The first-order chi connectivity index (χ1) is 21.1. The molecular weight excluding hydrogens is 570 g/mol. The third-order valence-electron chi connectivity index (χ3n) is 8.63. The van der Waals surface area contributed by atoms with E-state index < -0.39 is 10.8 Å². The molecule has 1 saturated heterocycles. The first-order valence-corrected chi connectivity index (χ1v) is 15.7. The van der Waals surface area contributed by atoms with Gasteiger partial charge in [0, 0.05) is 37.3 Å². The van der Waals surface area contributed by atoms with Crippen LogP contribution in [0.15, 0.2) is 103 Å². The number of aryl methyl sites for hydroxylation is 1. The van der Waals surface area contributed by atoms with E-state index in [0.717, 1.165) is 34.4 Å². The summed E-state index contributed by atoms with van der Waals surface area (Å²) >= 11 is 1.03. The molecule has 2 aliphatic heterocycles. The van der Waals surface area contributed by atoms with Gasteiger partial charge < -0.3 is 4.74 Å². The van der Waals surface area contributed by atoms with Crippen LogP contribution in [0.25, 0.3) is 0 Å². The van der Waals surface area contributed by atoms with Crippen LogP contribution in [0.3, 0.4) is 0 Å². The number of carbonyl (C=O) groups excluding carboxylic acids is 3. The molecule has 7 nitrogen and oxygen atoms in total. The minimum atomic E-state index is -0.690. The Balaban J connectivity index is 1.33. The second kappa shape index (κ2) is 11.6. The first-order valence-electron chi connectivity index (χ1n) is 14.8. The Morgan fingerprint density at radius 1 is 0.841 bits per heavy atom. The van der Waals surface area contributed by atoms with E-state index >= 15 is 0 Å². The van der Waals surface area contributed by atoms with E-state index in [0.29, 0.717) is 22.2 Å². The number of nitrogens with zero attached hydrogens (tertiary/aromatic N) is 2. The highest BCUT2D eigenvalue weighted by molar-refractivity contribution is 8.15. The number of amides is 3. The number of carbonyl (C=O) groups is 3. The highest BCUT2D eigenvalue weighted by atomic mass is 32.2. The van der Waals surface area contributed by atoms with Crippen LogP contribution in [0.4, 0.5) is 21.9 Å². The zero-order chi connectivity index (χ0) is 31.1. The molecule has 0 radical (unpaired) electrons. The van der Waals surface area contributed by atoms with Gasteiger partial charge in [0.05, 0.1) is 10.8 Å². The number of quaternary nitrogens is 1. The normalized spacial score (nSPS) is 21.6. The lowest BCUT2D eigenvalue weighted by atomic mass is 9.93. The van der Waals surface area contributed by atoms with Gasteiger partial charge in [0.2, 0.25) is 5.91 Å². The van der Waals surface area contributed by atoms with Crippen molar-refractivity contribution in [1.82, 2.24) is 14.7 Å². The molecule has 3 atom stereocenters. The average Bonchev–Trinajstić information content (AvgIpc) is 3.34. The van der Waals surface area contributed by atoms with E-state index in [2.05, 4.69) is 61.6 Å². The second-order valence-electron chi connectivity index (χ2n) is 12.1. The third kappa shape index (κ3) is 5.18. The minimum Gasteiger partial charge on any atom is -0.491 e. The Labute approximate surface area is 262 Å². The fourth-order valence-corrected chi connectivity index (χ4v) is 7.37. The number of hydrogen-bond acceptors (Lipinski definition) is 5. The monoisotopic (exact) mass is 606 g/mol. The van der Waals surface area contributed by atoms with E-state index in [1.807, 2.05) is 79.4 Å². The van der Waals surface area contributed by atoms with E-state index in [1.54, 1.807) is 0 Å². The lowest BCUT2D eigenvalue weighted by Crippen LogP contribution is -2.67. The highest BCUT2D eigenvalue weighted by Crippen LogP contribution is 2.52. The largest absolute Gasteiger partial charge is 0.491 e. The topological polar surface area (TPSA) is 75.7 Å². The molecule has 3 unspecified atom stereocenters. The van der Waals surface area contributed by atoms with Crippen LogP contribution in [-0.2, 0) is 11.2 Å². The molecule has 1 N–H and O–H groups in total. The smallest absolute Gasteiger partial charge is 0.286 e. The van der Waals surface area contributed by atoms with Crippen molar-refractivity contribution in [1.29, 1.82) is 0 Å². The quantitative estimate of drug-likeness (QED) is 0.210. The number of ether oxygens (including phenoxy) is 1. The molecule has 44 heavy (non-hydrogen) atoms. The van der Waals surface area contributed by atoms with Crippen molar-refractivity contribution < 1.29 is 19.1 Å². The van der Waals surface area contributed by atoms with Crippen LogP contribution < -0.4 is 14.5 Å². The van der Waals surface area contributed by atoms with Gasteiger partial charge in [0.1, 0.15) is 29.3 Å². The van der Waals surface area contributed by atoms with Crippen LogP contribution >= 0.6 is 11.8 Å². The molecule has 4 aromatic rings. The molecule has 0 aromatic heterocycles. The van der Waals surface area contributed by atoms with Crippen molar-refractivity contribution in [3.05, 3.63) is 120 Å². The Kier molecular flexibility index (Phi) is 7.82. The fraction of sp³-hybridized carbons (Fsp3) is 0.250. The van der Waals surface area contributed by atoms with Gasteiger partial charge in [-0.1, -0.05) is 71.9 Å². The van der Waals surface area contributed by atoms with E-state index in [1.165, 1.54) is 5.56 Å². The van der Waals surface area contributed by atoms with Crippen molar-refractivity contribution >= 4 is 45.9 Å². The van der Waals surface area contributed by atoms with Crippen LogP contribution in [0, 0.1) is 6.92 Å². The van der Waals surface area contributed by atoms with Crippen LogP contribution in [0.2, 0.25) is 0 Å². The van der Waals surface area contributed by atoms with Gasteiger partial charge in [0.15, 0.2) is 11.9 Å². The van der Waals surface area contributed by atoms with Crippen LogP contribution in [-0.4, -0.2) is 45.5 Å². The number of para-hydroxylation sites is 2. The number of benzene rings is 4. The summed E-state index contributed by atoms with van der Waals surface area (Å²) in [5.41, 5.74) is 5.17. The second-order valence-corrected chi connectivity index (χ2v) is 13.2. The SMILES string of the molecule is Cc1ccc([N+]2(c3ccccc3)c3ccccc3C(=O)N(C(C)(C)COc3ccc(CC4SC(=O)NC4=O)cc3)C2C)cc1.